The summed E-state index contributed by atoms with van der Waals surface area (Å²) in [6, 6.07) is 7.91. The van der Waals surface area contributed by atoms with Gasteiger partial charge in [0, 0.05) is 29.2 Å². The predicted molar refractivity (Wildman–Crippen MR) is 57.7 cm³/mol. The predicted octanol–water partition coefficient (Wildman–Crippen LogP) is 2.69. The van der Waals surface area contributed by atoms with Crippen molar-refractivity contribution in [2.75, 3.05) is 0 Å². The van der Waals surface area contributed by atoms with E-state index >= 15 is 0 Å². The molecule has 72 valence electrons. The van der Waals surface area contributed by atoms with Gasteiger partial charge in [0.15, 0.2) is 5.78 Å². The molecule has 2 aromatic rings. The lowest BCUT2D eigenvalue weighted by molar-refractivity contribution is 0.101. The second-order valence-corrected chi connectivity index (χ2v) is 3.64. The highest BCUT2D eigenvalue weighted by molar-refractivity contribution is 6.06. The van der Waals surface area contributed by atoms with Crippen LogP contribution in [-0.2, 0) is 7.05 Å². The normalized spacial score (nSPS) is 10.8. The maximum absolute atomic E-state index is 11.4. The van der Waals surface area contributed by atoms with Crippen molar-refractivity contribution in [3.63, 3.8) is 0 Å². The Hall–Kier alpha value is -1.57. The molecule has 0 amide bonds. The summed E-state index contributed by atoms with van der Waals surface area (Å²) in [5, 5.41) is 1.06. The topological polar surface area (TPSA) is 22.0 Å². The zero-order valence-corrected chi connectivity index (χ0v) is 8.66. The SMILES string of the molecule is CC(=O)c1cccc2c1cc(C)n2C. The molecule has 2 heteroatoms. The van der Waals surface area contributed by atoms with E-state index in [1.807, 2.05) is 32.2 Å². The first kappa shape index (κ1) is 9.00. The lowest BCUT2D eigenvalue weighted by Crippen LogP contribution is -1.93. The molecule has 0 fully saturated rings. The third kappa shape index (κ3) is 1.15. The zero-order chi connectivity index (χ0) is 10.3. The largest absolute Gasteiger partial charge is 0.348 e. The van der Waals surface area contributed by atoms with Gasteiger partial charge in [0.25, 0.3) is 0 Å². The quantitative estimate of drug-likeness (QED) is 0.629. The zero-order valence-electron chi connectivity index (χ0n) is 8.66. The summed E-state index contributed by atoms with van der Waals surface area (Å²) in [5.74, 6) is 0.126. The van der Waals surface area contributed by atoms with E-state index in [9.17, 15) is 4.79 Å². The van der Waals surface area contributed by atoms with Gasteiger partial charge in [-0.25, -0.2) is 0 Å². The number of fused-ring (bicyclic) bond motifs is 1. The minimum atomic E-state index is 0.126. The monoisotopic (exact) mass is 187 g/mol. The third-order valence-electron chi connectivity index (χ3n) is 2.71. The van der Waals surface area contributed by atoms with Gasteiger partial charge in [-0.05, 0) is 26.0 Å². The Morgan fingerprint density at radius 2 is 2.07 bits per heavy atom. The highest BCUT2D eigenvalue weighted by atomic mass is 16.1. The summed E-state index contributed by atoms with van der Waals surface area (Å²) >= 11 is 0. The number of rotatable bonds is 1. The number of hydrogen-bond donors (Lipinski definition) is 0. The van der Waals surface area contributed by atoms with E-state index in [0.29, 0.717) is 0 Å². The summed E-state index contributed by atoms with van der Waals surface area (Å²) in [4.78, 5) is 11.4. The lowest BCUT2D eigenvalue weighted by atomic mass is 10.1. The second kappa shape index (κ2) is 2.98. The number of Topliss-reactive ketones (excluding diaryl/α,β-unsaturated/α-hetero) is 1. The standard InChI is InChI=1S/C12H13NO/c1-8-7-11-10(9(2)14)5-4-6-12(11)13(8)3/h4-7H,1-3H3. The van der Waals surface area contributed by atoms with Crippen LogP contribution in [0.15, 0.2) is 24.3 Å². The van der Waals surface area contributed by atoms with Crippen LogP contribution in [0.3, 0.4) is 0 Å². The van der Waals surface area contributed by atoms with E-state index < -0.39 is 0 Å². The highest BCUT2D eigenvalue weighted by Gasteiger charge is 2.08. The Morgan fingerprint density at radius 1 is 1.36 bits per heavy atom. The summed E-state index contributed by atoms with van der Waals surface area (Å²) in [5.41, 5.74) is 3.11. The van der Waals surface area contributed by atoms with E-state index in [4.69, 9.17) is 0 Å². The van der Waals surface area contributed by atoms with Crippen LogP contribution in [-0.4, -0.2) is 10.4 Å². The number of benzene rings is 1. The maximum atomic E-state index is 11.4. The van der Waals surface area contributed by atoms with Gasteiger partial charge in [-0.15, -0.1) is 0 Å². The number of carbonyl (C=O) groups excluding carboxylic acids is 1. The van der Waals surface area contributed by atoms with Gasteiger partial charge < -0.3 is 4.57 Å². The maximum Gasteiger partial charge on any atom is 0.160 e. The van der Waals surface area contributed by atoms with Gasteiger partial charge in [-0.3, -0.25) is 4.79 Å². The van der Waals surface area contributed by atoms with Crippen molar-refractivity contribution in [2.24, 2.45) is 7.05 Å². The fourth-order valence-electron chi connectivity index (χ4n) is 1.80. The molecule has 1 heterocycles. The van der Waals surface area contributed by atoms with Crippen LogP contribution < -0.4 is 0 Å². The molecular formula is C12H13NO. The highest BCUT2D eigenvalue weighted by Crippen LogP contribution is 2.22. The average molecular weight is 187 g/mol. The molecule has 0 aliphatic carbocycles. The van der Waals surface area contributed by atoms with Gasteiger partial charge in [0.05, 0.1) is 0 Å². The lowest BCUT2D eigenvalue weighted by Gasteiger charge is -2.00. The fraction of sp³-hybridized carbons (Fsp3) is 0.250. The summed E-state index contributed by atoms with van der Waals surface area (Å²) in [7, 11) is 2.02. The average Bonchev–Trinajstić information content (AvgIpc) is 2.43. The van der Waals surface area contributed by atoms with Crippen molar-refractivity contribution in [3.05, 3.63) is 35.5 Å². The molecule has 0 bridgehead atoms. The molecule has 2 nitrogen and oxygen atoms in total. The smallest absolute Gasteiger partial charge is 0.160 e. The molecular weight excluding hydrogens is 174 g/mol. The van der Waals surface area contributed by atoms with Crippen molar-refractivity contribution in [1.29, 1.82) is 0 Å². The molecule has 1 aromatic carbocycles. The van der Waals surface area contributed by atoms with Gasteiger partial charge in [-0.1, -0.05) is 12.1 Å². The Morgan fingerprint density at radius 3 is 2.71 bits per heavy atom. The minimum Gasteiger partial charge on any atom is -0.348 e. The van der Waals surface area contributed by atoms with Crippen LogP contribution >= 0.6 is 0 Å². The van der Waals surface area contributed by atoms with Crippen LogP contribution in [0.1, 0.15) is 23.0 Å². The molecule has 0 unspecified atom stereocenters. The van der Waals surface area contributed by atoms with Crippen molar-refractivity contribution in [1.82, 2.24) is 4.57 Å². The molecule has 0 saturated carbocycles. The van der Waals surface area contributed by atoms with Gasteiger partial charge in [-0.2, -0.15) is 0 Å². The van der Waals surface area contributed by atoms with E-state index in [2.05, 4.69) is 10.6 Å². The number of aryl methyl sites for hydroxylation is 2. The Kier molecular flexibility index (Phi) is 1.92. The summed E-state index contributed by atoms with van der Waals surface area (Å²) < 4.78 is 2.10. The number of aromatic nitrogens is 1. The van der Waals surface area contributed by atoms with Crippen LogP contribution in [0.4, 0.5) is 0 Å². The van der Waals surface area contributed by atoms with Crippen molar-refractivity contribution in [3.8, 4) is 0 Å². The van der Waals surface area contributed by atoms with E-state index in [0.717, 1.165) is 16.5 Å². The van der Waals surface area contributed by atoms with Gasteiger partial charge in [0.1, 0.15) is 0 Å². The second-order valence-electron chi connectivity index (χ2n) is 3.64. The number of carbonyl (C=O) groups is 1. The van der Waals surface area contributed by atoms with E-state index in [-0.39, 0.29) is 5.78 Å². The molecule has 0 radical (unpaired) electrons. The minimum absolute atomic E-state index is 0.126. The van der Waals surface area contributed by atoms with Crippen molar-refractivity contribution < 1.29 is 4.79 Å². The number of hydrogen-bond acceptors (Lipinski definition) is 1. The van der Waals surface area contributed by atoms with Crippen LogP contribution in [0.2, 0.25) is 0 Å². The fourth-order valence-corrected chi connectivity index (χ4v) is 1.80. The molecule has 0 N–H and O–H groups in total. The van der Waals surface area contributed by atoms with Crippen molar-refractivity contribution >= 4 is 16.7 Å². The van der Waals surface area contributed by atoms with Gasteiger partial charge in [0.2, 0.25) is 0 Å². The van der Waals surface area contributed by atoms with Crippen LogP contribution in [0.5, 0.6) is 0 Å². The van der Waals surface area contributed by atoms with Crippen LogP contribution in [0.25, 0.3) is 10.9 Å². The molecule has 0 spiro atoms. The molecule has 14 heavy (non-hydrogen) atoms. The first-order valence-corrected chi connectivity index (χ1v) is 4.67. The van der Waals surface area contributed by atoms with Crippen molar-refractivity contribution in [2.45, 2.75) is 13.8 Å². The molecule has 0 atom stereocenters. The molecule has 0 aliphatic heterocycles. The Balaban J connectivity index is 2.88. The third-order valence-corrected chi connectivity index (χ3v) is 2.71. The molecule has 1 aromatic heterocycles. The molecule has 0 saturated heterocycles. The first-order chi connectivity index (χ1) is 6.61. The van der Waals surface area contributed by atoms with E-state index in [1.54, 1.807) is 6.92 Å². The van der Waals surface area contributed by atoms with Gasteiger partial charge >= 0.3 is 0 Å². The van der Waals surface area contributed by atoms with Crippen LogP contribution in [0, 0.1) is 6.92 Å². The molecule has 0 aliphatic rings. The number of ketones is 1. The molecule has 2 rings (SSSR count). The van der Waals surface area contributed by atoms with E-state index in [1.165, 1.54) is 5.69 Å². The summed E-state index contributed by atoms with van der Waals surface area (Å²) in [6.07, 6.45) is 0. The Bertz CT molecular complexity index is 508. The summed E-state index contributed by atoms with van der Waals surface area (Å²) in [6.45, 7) is 3.65. The first-order valence-electron chi connectivity index (χ1n) is 4.67. The number of nitrogens with zero attached hydrogens (tertiary/aromatic N) is 1. The Labute approximate surface area is 83.2 Å².